The fourth-order valence-electron chi connectivity index (χ4n) is 2.65. The van der Waals surface area contributed by atoms with Crippen LogP contribution in [0.1, 0.15) is 19.3 Å². The highest BCUT2D eigenvalue weighted by Crippen LogP contribution is 2.22. The van der Waals surface area contributed by atoms with Gasteiger partial charge in [0.2, 0.25) is 0 Å². The van der Waals surface area contributed by atoms with Crippen LogP contribution in [0.15, 0.2) is 25.7 Å². The van der Waals surface area contributed by atoms with Crippen molar-refractivity contribution in [1.29, 1.82) is 0 Å². The molecule has 0 amide bonds. The Kier molecular flexibility index (Phi) is 11.8. The number of rotatable bonds is 14. The zero-order valence-electron chi connectivity index (χ0n) is 13.6. The first kappa shape index (κ1) is 19.0. The molecule has 5 heteroatoms. The van der Waals surface area contributed by atoms with E-state index in [1.54, 1.807) is 0 Å². The highest BCUT2D eigenvalue weighted by molar-refractivity contribution is 4.76. The van der Waals surface area contributed by atoms with Gasteiger partial charge in [0.1, 0.15) is 13.2 Å². The Balaban J connectivity index is 1.98. The summed E-state index contributed by atoms with van der Waals surface area (Å²) in [6, 6.07) is 0. The number of nitrogens with one attached hydrogen (secondary N) is 1. The van der Waals surface area contributed by atoms with Crippen LogP contribution >= 0.6 is 0 Å². The molecule has 0 spiro atoms. The Morgan fingerprint density at radius 3 is 1.73 bits per heavy atom. The summed E-state index contributed by atoms with van der Waals surface area (Å²) in [7, 11) is 0. The molecule has 0 radical (unpaired) electrons. The molecule has 1 aliphatic rings. The number of hydrogen-bond acceptors (Lipinski definition) is 5. The van der Waals surface area contributed by atoms with E-state index >= 15 is 0 Å². The summed E-state index contributed by atoms with van der Waals surface area (Å²) in [4.78, 5) is 0. The molecule has 22 heavy (non-hydrogen) atoms. The van der Waals surface area contributed by atoms with Crippen LogP contribution in [-0.2, 0) is 18.9 Å². The standard InChI is InChI=1S/C17H31NO4/c1-3-19-9-11-21-7-5-16-13-17(15-18-14-16)6-8-22-12-10-20-4-2/h3-4,16-18H,1-2,5-15H2. The molecule has 5 nitrogen and oxygen atoms in total. The van der Waals surface area contributed by atoms with Crippen LogP contribution in [0.5, 0.6) is 0 Å². The van der Waals surface area contributed by atoms with Crippen molar-refractivity contribution in [3.63, 3.8) is 0 Å². The lowest BCUT2D eigenvalue weighted by Gasteiger charge is -2.30. The van der Waals surface area contributed by atoms with Gasteiger partial charge in [0.05, 0.1) is 25.7 Å². The molecule has 0 aromatic carbocycles. The van der Waals surface area contributed by atoms with Gasteiger partial charge in [-0.15, -0.1) is 0 Å². The van der Waals surface area contributed by atoms with Crippen LogP contribution in [0.25, 0.3) is 0 Å². The van der Waals surface area contributed by atoms with Crippen LogP contribution in [0.3, 0.4) is 0 Å². The molecule has 2 atom stereocenters. The quantitative estimate of drug-likeness (QED) is 0.394. The zero-order chi connectivity index (χ0) is 15.9. The topological polar surface area (TPSA) is 49.0 Å². The van der Waals surface area contributed by atoms with Gasteiger partial charge < -0.3 is 24.3 Å². The first-order valence-electron chi connectivity index (χ1n) is 8.18. The molecular weight excluding hydrogens is 282 g/mol. The summed E-state index contributed by atoms with van der Waals surface area (Å²) >= 11 is 0. The van der Waals surface area contributed by atoms with Crippen molar-refractivity contribution < 1.29 is 18.9 Å². The van der Waals surface area contributed by atoms with Crippen molar-refractivity contribution in [3.8, 4) is 0 Å². The fourth-order valence-corrected chi connectivity index (χ4v) is 2.65. The maximum atomic E-state index is 5.56. The highest BCUT2D eigenvalue weighted by atomic mass is 16.5. The second kappa shape index (κ2) is 13.6. The molecule has 1 rings (SSSR count). The molecule has 0 aromatic rings. The van der Waals surface area contributed by atoms with E-state index in [1.807, 2.05) is 0 Å². The Morgan fingerprint density at radius 1 is 0.773 bits per heavy atom. The van der Waals surface area contributed by atoms with E-state index in [1.165, 1.54) is 18.9 Å². The minimum Gasteiger partial charge on any atom is -0.499 e. The first-order valence-corrected chi connectivity index (χ1v) is 8.18. The van der Waals surface area contributed by atoms with E-state index in [4.69, 9.17) is 18.9 Å². The Labute approximate surface area is 134 Å². The summed E-state index contributed by atoms with van der Waals surface area (Å²) < 4.78 is 21.2. The molecule has 0 aliphatic carbocycles. The normalized spacial score (nSPS) is 21.3. The molecule has 128 valence electrons. The predicted molar refractivity (Wildman–Crippen MR) is 87.6 cm³/mol. The lowest BCUT2D eigenvalue weighted by Crippen LogP contribution is -2.37. The lowest BCUT2D eigenvalue weighted by molar-refractivity contribution is 0.0626. The summed E-state index contributed by atoms with van der Waals surface area (Å²) in [6.07, 6.45) is 6.36. The van der Waals surface area contributed by atoms with Crippen LogP contribution in [0.2, 0.25) is 0 Å². The minimum atomic E-state index is 0.585. The summed E-state index contributed by atoms with van der Waals surface area (Å²) in [6.45, 7) is 13.2. The molecular formula is C17H31NO4. The number of piperidine rings is 1. The Morgan fingerprint density at radius 2 is 1.27 bits per heavy atom. The number of ether oxygens (including phenoxy) is 4. The molecule has 1 N–H and O–H groups in total. The molecule has 1 saturated heterocycles. The largest absolute Gasteiger partial charge is 0.499 e. The predicted octanol–water partition coefficient (Wildman–Crippen LogP) is 2.35. The average molecular weight is 313 g/mol. The van der Waals surface area contributed by atoms with Gasteiger partial charge in [0.15, 0.2) is 0 Å². The van der Waals surface area contributed by atoms with Crippen molar-refractivity contribution in [2.24, 2.45) is 11.8 Å². The van der Waals surface area contributed by atoms with Crippen molar-refractivity contribution in [1.82, 2.24) is 5.32 Å². The number of hydrogen-bond donors (Lipinski definition) is 1. The third kappa shape index (κ3) is 9.82. The lowest BCUT2D eigenvalue weighted by atomic mass is 9.87. The van der Waals surface area contributed by atoms with E-state index in [0.29, 0.717) is 38.3 Å². The van der Waals surface area contributed by atoms with E-state index < -0.39 is 0 Å². The maximum Gasteiger partial charge on any atom is 0.111 e. The Bertz CT molecular complexity index is 260. The van der Waals surface area contributed by atoms with E-state index in [0.717, 1.165) is 39.1 Å². The Hall–Kier alpha value is -1.04. The van der Waals surface area contributed by atoms with Crippen LogP contribution in [-0.4, -0.2) is 52.7 Å². The van der Waals surface area contributed by atoms with E-state index in [2.05, 4.69) is 18.5 Å². The first-order chi connectivity index (χ1) is 10.9. The van der Waals surface area contributed by atoms with Crippen LogP contribution < -0.4 is 5.32 Å². The minimum absolute atomic E-state index is 0.585. The molecule has 1 heterocycles. The second-order valence-electron chi connectivity index (χ2n) is 5.50. The third-order valence-corrected chi connectivity index (χ3v) is 3.80. The summed E-state index contributed by atoms with van der Waals surface area (Å²) in [5.74, 6) is 1.39. The van der Waals surface area contributed by atoms with E-state index in [9.17, 15) is 0 Å². The second-order valence-corrected chi connectivity index (χ2v) is 5.50. The van der Waals surface area contributed by atoms with Crippen LogP contribution in [0.4, 0.5) is 0 Å². The summed E-state index contributed by atoms with van der Waals surface area (Å²) in [5.41, 5.74) is 0. The van der Waals surface area contributed by atoms with Gasteiger partial charge in [-0.25, -0.2) is 0 Å². The van der Waals surface area contributed by atoms with Gasteiger partial charge >= 0.3 is 0 Å². The van der Waals surface area contributed by atoms with Gasteiger partial charge in [0.25, 0.3) is 0 Å². The van der Waals surface area contributed by atoms with Gasteiger partial charge in [0, 0.05) is 13.2 Å². The average Bonchev–Trinajstić information content (AvgIpc) is 2.54. The smallest absolute Gasteiger partial charge is 0.111 e. The molecule has 0 bridgehead atoms. The molecule has 1 aliphatic heterocycles. The maximum absolute atomic E-state index is 5.56. The molecule has 0 aromatic heterocycles. The molecule has 2 unspecified atom stereocenters. The van der Waals surface area contributed by atoms with Crippen molar-refractivity contribution in [3.05, 3.63) is 25.7 Å². The van der Waals surface area contributed by atoms with Crippen molar-refractivity contribution >= 4 is 0 Å². The van der Waals surface area contributed by atoms with Crippen molar-refractivity contribution in [2.45, 2.75) is 19.3 Å². The van der Waals surface area contributed by atoms with Gasteiger partial charge in [-0.3, -0.25) is 0 Å². The SMILES string of the molecule is C=COCCOCCC1CNCC(CCOCCOC=C)C1. The molecule has 0 saturated carbocycles. The van der Waals surface area contributed by atoms with Gasteiger partial charge in [-0.05, 0) is 44.2 Å². The zero-order valence-corrected chi connectivity index (χ0v) is 13.6. The monoisotopic (exact) mass is 313 g/mol. The van der Waals surface area contributed by atoms with Crippen LogP contribution in [0, 0.1) is 11.8 Å². The molecule has 1 fully saturated rings. The van der Waals surface area contributed by atoms with E-state index in [-0.39, 0.29) is 0 Å². The third-order valence-electron chi connectivity index (χ3n) is 3.80. The van der Waals surface area contributed by atoms with Crippen molar-refractivity contribution in [2.75, 3.05) is 52.7 Å². The van der Waals surface area contributed by atoms with Gasteiger partial charge in [-0.1, -0.05) is 13.2 Å². The fraction of sp³-hybridized carbons (Fsp3) is 0.765. The summed E-state index contributed by atoms with van der Waals surface area (Å²) in [5, 5.41) is 3.52. The van der Waals surface area contributed by atoms with Gasteiger partial charge in [-0.2, -0.15) is 0 Å². The highest BCUT2D eigenvalue weighted by Gasteiger charge is 2.21.